The summed E-state index contributed by atoms with van der Waals surface area (Å²) in [6.45, 7) is 8.85. The van der Waals surface area contributed by atoms with Crippen molar-refractivity contribution in [1.82, 2.24) is 0 Å². The van der Waals surface area contributed by atoms with E-state index in [-0.39, 0.29) is 5.91 Å². The summed E-state index contributed by atoms with van der Waals surface area (Å²) in [6.07, 6.45) is 10.5. The van der Waals surface area contributed by atoms with Crippen LogP contribution in [0.5, 0.6) is 5.75 Å². The summed E-state index contributed by atoms with van der Waals surface area (Å²) in [5.41, 5.74) is 5.11. The van der Waals surface area contributed by atoms with E-state index in [1.54, 1.807) is 0 Å². The van der Waals surface area contributed by atoms with Crippen LogP contribution in [0.3, 0.4) is 0 Å². The van der Waals surface area contributed by atoms with Gasteiger partial charge in [0.05, 0.1) is 0 Å². The monoisotopic (exact) mass is 375 g/mol. The topological polar surface area (TPSA) is 52.3 Å². The zero-order valence-corrected chi connectivity index (χ0v) is 18.0. The Labute approximate surface area is 167 Å². The highest BCUT2D eigenvalue weighted by Crippen LogP contribution is 2.36. The number of para-hydroxylation sites is 1. The van der Waals surface area contributed by atoms with Crippen LogP contribution in [0.1, 0.15) is 91.9 Å². The lowest BCUT2D eigenvalue weighted by atomic mass is 9.78. The van der Waals surface area contributed by atoms with Gasteiger partial charge in [-0.05, 0) is 36.8 Å². The van der Waals surface area contributed by atoms with Crippen molar-refractivity contribution in [2.75, 3.05) is 0 Å². The van der Waals surface area contributed by atoms with Gasteiger partial charge < -0.3 is 10.5 Å². The molecule has 2 N–H and O–H groups in total. The molecule has 0 saturated carbocycles. The van der Waals surface area contributed by atoms with E-state index in [0.29, 0.717) is 11.8 Å². The molecule has 2 unspecified atom stereocenters. The van der Waals surface area contributed by atoms with Gasteiger partial charge in [-0.1, -0.05) is 97.3 Å². The minimum absolute atomic E-state index is 0.309. The predicted molar refractivity (Wildman–Crippen MR) is 115 cm³/mol. The predicted octanol–water partition coefficient (Wildman–Crippen LogP) is 6.50. The summed E-state index contributed by atoms with van der Waals surface area (Å²) in [6, 6.07) is 9.72. The first-order valence-corrected chi connectivity index (χ1v) is 11.0. The van der Waals surface area contributed by atoms with Gasteiger partial charge in [0.2, 0.25) is 0 Å². The number of ether oxygens (including phenoxy) is 1. The molecular formula is C24H41NO2. The van der Waals surface area contributed by atoms with Crippen molar-refractivity contribution < 1.29 is 9.53 Å². The molecule has 0 aliphatic carbocycles. The average Bonchev–Trinajstić information content (AvgIpc) is 2.68. The largest absolute Gasteiger partial charge is 0.477 e. The molecular weight excluding hydrogens is 334 g/mol. The van der Waals surface area contributed by atoms with Gasteiger partial charge in [-0.2, -0.15) is 0 Å². The van der Waals surface area contributed by atoms with E-state index >= 15 is 0 Å². The second-order valence-electron chi connectivity index (χ2n) is 8.01. The minimum Gasteiger partial charge on any atom is -0.477 e. The molecule has 0 aliphatic rings. The maximum Gasteiger partial charge on any atom is 0.261 e. The number of carbonyl (C=O) groups excluding carboxylic acids is 1. The SMILES string of the molecule is CCCCC(CC)CC(CC(CC)CCCC)(Oc1ccccc1)C(N)=O. The smallest absolute Gasteiger partial charge is 0.261 e. The second kappa shape index (κ2) is 12.8. The molecule has 0 heterocycles. The highest BCUT2D eigenvalue weighted by molar-refractivity contribution is 5.84. The molecule has 27 heavy (non-hydrogen) atoms. The normalized spacial score (nSPS) is 15.7. The lowest BCUT2D eigenvalue weighted by Crippen LogP contribution is -2.51. The molecule has 3 heteroatoms. The maximum absolute atomic E-state index is 12.8. The van der Waals surface area contributed by atoms with E-state index in [2.05, 4.69) is 27.7 Å². The molecule has 1 rings (SSSR count). The highest BCUT2D eigenvalue weighted by Gasteiger charge is 2.42. The molecule has 0 fully saturated rings. The lowest BCUT2D eigenvalue weighted by molar-refractivity contribution is -0.137. The van der Waals surface area contributed by atoms with Gasteiger partial charge in [-0.3, -0.25) is 4.79 Å². The standard InChI is InChI=1S/C24H41NO2/c1-5-9-14-20(7-3)18-24(23(25)26,19-21(8-4)15-10-6-2)27-22-16-12-11-13-17-22/h11-13,16-17,20-21H,5-10,14-15,18-19H2,1-4H3,(H2,25,26). The van der Waals surface area contributed by atoms with Crippen LogP contribution in [0, 0.1) is 11.8 Å². The molecule has 1 aromatic rings. The lowest BCUT2D eigenvalue weighted by Gasteiger charge is -2.37. The van der Waals surface area contributed by atoms with Gasteiger partial charge >= 0.3 is 0 Å². The van der Waals surface area contributed by atoms with E-state index in [1.807, 2.05) is 30.3 Å². The zero-order valence-electron chi connectivity index (χ0n) is 18.0. The van der Waals surface area contributed by atoms with Crippen LogP contribution in [0.4, 0.5) is 0 Å². The number of rotatable bonds is 15. The number of carbonyl (C=O) groups is 1. The molecule has 0 bridgehead atoms. The van der Waals surface area contributed by atoms with Gasteiger partial charge in [0.15, 0.2) is 5.60 Å². The van der Waals surface area contributed by atoms with Crippen LogP contribution in [-0.4, -0.2) is 11.5 Å². The average molecular weight is 376 g/mol. The van der Waals surface area contributed by atoms with E-state index < -0.39 is 5.60 Å². The van der Waals surface area contributed by atoms with Crippen LogP contribution in [0.15, 0.2) is 30.3 Å². The van der Waals surface area contributed by atoms with Gasteiger partial charge in [0, 0.05) is 0 Å². The minimum atomic E-state index is -0.913. The Morgan fingerprint density at radius 3 is 1.78 bits per heavy atom. The molecule has 2 atom stereocenters. The fourth-order valence-electron chi connectivity index (χ4n) is 3.95. The Kier molecular flexibility index (Phi) is 11.2. The molecule has 154 valence electrons. The molecule has 1 aromatic carbocycles. The van der Waals surface area contributed by atoms with E-state index in [0.717, 1.165) is 44.3 Å². The Morgan fingerprint density at radius 1 is 0.926 bits per heavy atom. The fourth-order valence-corrected chi connectivity index (χ4v) is 3.95. The summed E-state index contributed by atoms with van der Waals surface area (Å²) in [7, 11) is 0. The Morgan fingerprint density at radius 2 is 1.41 bits per heavy atom. The van der Waals surface area contributed by atoms with Crippen molar-refractivity contribution in [2.24, 2.45) is 17.6 Å². The molecule has 0 aromatic heterocycles. The molecule has 3 nitrogen and oxygen atoms in total. The molecule has 0 saturated heterocycles. The zero-order chi connectivity index (χ0) is 20.1. The number of primary amides is 1. The summed E-state index contributed by atoms with van der Waals surface area (Å²) in [4.78, 5) is 12.8. The van der Waals surface area contributed by atoms with E-state index in [4.69, 9.17) is 10.5 Å². The second-order valence-corrected chi connectivity index (χ2v) is 8.01. The molecule has 0 aliphatic heterocycles. The number of benzene rings is 1. The van der Waals surface area contributed by atoms with Crippen molar-refractivity contribution in [3.05, 3.63) is 30.3 Å². The van der Waals surface area contributed by atoms with Gasteiger partial charge in [-0.15, -0.1) is 0 Å². The molecule has 1 amide bonds. The Hall–Kier alpha value is -1.51. The van der Waals surface area contributed by atoms with Gasteiger partial charge in [-0.25, -0.2) is 0 Å². The number of hydrogen-bond acceptors (Lipinski definition) is 2. The number of hydrogen-bond donors (Lipinski definition) is 1. The molecule has 0 spiro atoms. The number of nitrogens with two attached hydrogens (primary N) is 1. The van der Waals surface area contributed by atoms with Crippen LogP contribution < -0.4 is 10.5 Å². The van der Waals surface area contributed by atoms with Crippen molar-refractivity contribution >= 4 is 5.91 Å². The van der Waals surface area contributed by atoms with Crippen molar-refractivity contribution in [2.45, 2.75) is 97.5 Å². The first kappa shape index (κ1) is 23.5. The summed E-state index contributed by atoms with van der Waals surface area (Å²) >= 11 is 0. The molecule has 0 radical (unpaired) electrons. The quantitative estimate of drug-likeness (QED) is 0.380. The van der Waals surface area contributed by atoms with Crippen molar-refractivity contribution in [1.29, 1.82) is 0 Å². The highest BCUT2D eigenvalue weighted by atomic mass is 16.5. The Bertz CT molecular complexity index is 496. The first-order chi connectivity index (χ1) is 13.0. The third-order valence-corrected chi connectivity index (χ3v) is 5.83. The third-order valence-electron chi connectivity index (χ3n) is 5.83. The fraction of sp³-hybridized carbons (Fsp3) is 0.708. The third kappa shape index (κ3) is 7.94. The van der Waals surface area contributed by atoms with Gasteiger partial charge in [0.25, 0.3) is 5.91 Å². The number of unbranched alkanes of at least 4 members (excludes halogenated alkanes) is 2. The van der Waals surface area contributed by atoms with Crippen LogP contribution in [0.25, 0.3) is 0 Å². The summed E-state index contributed by atoms with van der Waals surface area (Å²) < 4.78 is 6.41. The van der Waals surface area contributed by atoms with E-state index in [9.17, 15) is 4.79 Å². The summed E-state index contributed by atoms with van der Waals surface area (Å²) in [5, 5.41) is 0. The number of amides is 1. The van der Waals surface area contributed by atoms with Crippen molar-refractivity contribution in [3.63, 3.8) is 0 Å². The van der Waals surface area contributed by atoms with Crippen molar-refractivity contribution in [3.8, 4) is 5.75 Å². The summed E-state index contributed by atoms with van der Waals surface area (Å²) in [5.74, 6) is 1.36. The Balaban J connectivity index is 3.12. The maximum atomic E-state index is 12.8. The first-order valence-electron chi connectivity index (χ1n) is 11.0. The van der Waals surface area contributed by atoms with Crippen LogP contribution in [-0.2, 0) is 4.79 Å². The van der Waals surface area contributed by atoms with Gasteiger partial charge in [0.1, 0.15) is 5.75 Å². The van der Waals surface area contributed by atoms with Crippen LogP contribution >= 0.6 is 0 Å². The van der Waals surface area contributed by atoms with Crippen LogP contribution in [0.2, 0.25) is 0 Å². The van der Waals surface area contributed by atoms with E-state index in [1.165, 1.54) is 25.7 Å².